The fraction of sp³-hybridized carbons (Fsp3) is 0.667. The second-order valence-electron chi connectivity index (χ2n) is 6.99. The van der Waals surface area contributed by atoms with Gasteiger partial charge >= 0.3 is 0 Å². The molecule has 1 aromatic rings. The summed E-state index contributed by atoms with van der Waals surface area (Å²) in [6, 6.07) is 7.87. The van der Waals surface area contributed by atoms with Crippen LogP contribution in [-0.2, 0) is 14.8 Å². The molecular weight excluding hydrogens is 310 g/mol. The molecule has 1 saturated heterocycles. The average molecular weight is 340 g/mol. The second-order valence-corrected chi connectivity index (χ2v) is 8.79. The number of sulfonamides is 1. The highest BCUT2D eigenvalue weighted by Gasteiger charge is 2.26. The van der Waals surface area contributed by atoms with Gasteiger partial charge in [0.15, 0.2) is 0 Å². The van der Waals surface area contributed by atoms with Crippen molar-refractivity contribution in [2.24, 2.45) is 11.8 Å². The van der Waals surface area contributed by atoms with Gasteiger partial charge in [0, 0.05) is 19.3 Å². The number of benzene rings is 1. The lowest BCUT2D eigenvalue weighted by atomic mass is 9.95. The number of aryl methyl sites for hydroxylation is 1. The quantitative estimate of drug-likeness (QED) is 0.828. The Morgan fingerprint density at radius 2 is 1.87 bits per heavy atom. The predicted octanol–water partition coefficient (Wildman–Crippen LogP) is 3.43. The molecular formula is C18H29NO3S. The fourth-order valence-electron chi connectivity index (χ4n) is 3.18. The minimum absolute atomic E-state index is 0.152. The van der Waals surface area contributed by atoms with Gasteiger partial charge < -0.3 is 4.74 Å². The van der Waals surface area contributed by atoms with Crippen LogP contribution in [0.1, 0.15) is 50.3 Å². The number of nitrogens with one attached hydrogen (secondary N) is 1. The van der Waals surface area contributed by atoms with Crippen LogP contribution in [-0.4, -0.2) is 27.4 Å². The van der Waals surface area contributed by atoms with Gasteiger partial charge in [0.05, 0.1) is 5.75 Å². The third kappa shape index (κ3) is 5.90. The monoisotopic (exact) mass is 339 g/mol. The van der Waals surface area contributed by atoms with Gasteiger partial charge in [-0.05, 0) is 49.1 Å². The number of hydrogen-bond acceptors (Lipinski definition) is 3. The van der Waals surface area contributed by atoms with Gasteiger partial charge in [-0.15, -0.1) is 0 Å². The molecule has 130 valence electrons. The van der Waals surface area contributed by atoms with Crippen molar-refractivity contribution in [3.05, 3.63) is 35.4 Å². The predicted molar refractivity (Wildman–Crippen MR) is 93.8 cm³/mol. The van der Waals surface area contributed by atoms with Gasteiger partial charge in [-0.25, -0.2) is 13.1 Å². The molecule has 1 atom stereocenters. The van der Waals surface area contributed by atoms with E-state index in [1.165, 1.54) is 0 Å². The van der Waals surface area contributed by atoms with Crippen molar-refractivity contribution in [2.75, 3.05) is 19.0 Å². The molecule has 4 nitrogen and oxygen atoms in total. The summed E-state index contributed by atoms with van der Waals surface area (Å²) in [5.74, 6) is 0.833. The third-order valence-corrected chi connectivity index (χ3v) is 5.94. The second kappa shape index (κ2) is 8.27. The first kappa shape index (κ1) is 18.4. The van der Waals surface area contributed by atoms with Crippen LogP contribution in [0.15, 0.2) is 24.3 Å². The molecule has 1 N–H and O–H groups in total. The van der Waals surface area contributed by atoms with Crippen LogP contribution in [0.3, 0.4) is 0 Å². The lowest BCUT2D eigenvalue weighted by molar-refractivity contribution is 0.0722. The lowest BCUT2D eigenvalue weighted by Crippen LogP contribution is -2.35. The van der Waals surface area contributed by atoms with Crippen LogP contribution in [0.5, 0.6) is 0 Å². The van der Waals surface area contributed by atoms with E-state index >= 15 is 0 Å². The summed E-state index contributed by atoms with van der Waals surface area (Å²) in [5.41, 5.74) is 2.21. The highest BCUT2D eigenvalue weighted by molar-refractivity contribution is 7.89. The van der Waals surface area contributed by atoms with E-state index < -0.39 is 10.0 Å². The summed E-state index contributed by atoms with van der Waals surface area (Å²) in [7, 11) is -3.30. The van der Waals surface area contributed by atoms with Crippen molar-refractivity contribution < 1.29 is 13.2 Å². The molecule has 0 bridgehead atoms. The summed E-state index contributed by atoms with van der Waals surface area (Å²) in [4.78, 5) is 0. The topological polar surface area (TPSA) is 55.4 Å². The summed E-state index contributed by atoms with van der Waals surface area (Å²) in [6.07, 6.45) is 2.47. The van der Waals surface area contributed by atoms with Crippen LogP contribution in [0.4, 0.5) is 0 Å². The van der Waals surface area contributed by atoms with Crippen molar-refractivity contribution in [3.8, 4) is 0 Å². The summed E-state index contributed by atoms with van der Waals surface area (Å²) in [5, 5.41) is 0. The first-order valence-corrected chi connectivity index (χ1v) is 10.2. The SMILES string of the molecule is Cc1ccccc1C(CC(C)C)NS(=O)(=O)CC1CCOCC1. The van der Waals surface area contributed by atoms with Crippen molar-refractivity contribution in [3.63, 3.8) is 0 Å². The molecule has 0 saturated carbocycles. The molecule has 23 heavy (non-hydrogen) atoms. The highest BCUT2D eigenvalue weighted by atomic mass is 32.2. The van der Waals surface area contributed by atoms with E-state index in [2.05, 4.69) is 18.6 Å². The van der Waals surface area contributed by atoms with Crippen molar-refractivity contribution in [1.29, 1.82) is 0 Å². The average Bonchev–Trinajstić information content (AvgIpc) is 2.46. The van der Waals surface area contributed by atoms with E-state index in [1.54, 1.807) is 0 Å². The lowest BCUT2D eigenvalue weighted by Gasteiger charge is -2.26. The summed E-state index contributed by atoms with van der Waals surface area (Å²) >= 11 is 0. The van der Waals surface area contributed by atoms with Crippen LogP contribution in [0.25, 0.3) is 0 Å². The normalized spacial score (nSPS) is 18.3. The minimum atomic E-state index is -3.30. The largest absolute Gasteiger partial charge is 0.381 e. The molecule has 1 aliphatic rings. The number of ether oxygens (including phenoxy) is 1. The van der Waals surface area contributed by atoms with E-state index in [1.807, 2.05) is 31.2 Å². The Balaban J connectivity index is 2.11. The Kier molecular flexibility index (Phi) is 6.62. The molecule has 0 radical (unpaired) electrons. The van der Waals surface area contributed by atoms with Crippen molar-refractivity contribution in [2.45, 2.75) is 46.1 Å². The van der Waals surface area contributed by atoms with E-state index in [9.17, 15) is 8.42 Å². The van der Waals surface area contributed by atoms with E-state index in [4.69, 9.17) is 4.74 Å². The van der Waals surface area contributed by atoms with Gasteiger partial charge in [-0.3, -0.25) is 0 Å². The summed E-state index contributed by atoms with van der Waals surface area (Å²) < 4.78 is 33.5. The zero-order chi connectivity index (χ0) is 16.9. The Bertz CT molecular complexity index is 592. The maximum absolute atomic E-state index is 12.6. The zero-order valence-corrected chi connectivity index (χ0v) is 15.2. The number of rotatable bonds is 7. The zero-order valence-electron chi connectivity index (χ0n) is 14.4. The maximum Gasteiger partial charge on any atom is 0.212 e. The van der Waals surface area contributed by atoms with E-state index in [0.29, 0.717) is 19.1 Å². The highest BCUT2D eigenvalue weighted by Crippen LogP contribution is 2.26. The molecule has 1 aromatic carbocycles. The standard InChI is InChI=1S/C18H29NO3S/c1-14(2)12-18(17-7-5-4-6-15(17)3)19-23(20,21)13-16-8-10-22-11-9-16/h4-7,14,16,18-19H,8-13H2,1-3H3. The first-order chi connectivity index (χ1) is 10.9. The van der Waals surface area contributed by atoms with E-state index in [-0.39, 0.29) is 17.7 Å². The molecule has 1 fully saturated rings. The van der Waals surface area contributed by atoms with Crippen LogP contribution in [0.2, 0.25) is 0 Å². The van der Waals surface area contributed by atoms with Crippen molar-refractivity contribution in [1.82, 2.24) is 4.72 Å². The first-order valence-electron chi connectivity index (χ1n) is 8.50. The molecule has 0 amide bonds. The maximum atomic E-state index is 12.6. The van der Waals surface area contributed by atoms with Gasteiger partial charge in [0.1, 0.15) is 0 Å². The molecule has 5 heteroatoms. The molecule has 0 aromatic heterocycles. The van der Waals surface area contributed by atoms with Gasteiger partial charge in [-0.1, -0.05) is 38.1 Å². The Labute approximate surface area is 140 Å². The molecule has 0 aliphatic carbocycles. The van der Waals surface area contributed by atoms with Crippen LogP contribution >= 0.6 is 0 Å². The smallest absolute Gasteiger partial charge is 0.212 e. The van der Waals surface area contributed by atoms with Crippen molar-refractivity contribution >= 4 is 10.0 Å². The molecule has 1 aliphatic heterocycles. The Morgan fingerprint density at radius 3 is 2.48 bits per heavy atom. The molecule has 2 rings (SSSR count). The Hall–Kier alpha value is -0.910. The number of hydrogen-bond donors (Lipinski definition) is 1. The minimum Gasteiger partial charge on any atom is -0.381 e. The van der Waals surface area contributed by atoms with Crippen LogP contribution < -0.4 is 4.72 Å². The fourth-order valence-corrected chi connectivity index (χ4v) is 4.88. The van der Waals surface area contributed by atoms with Gasteiger partial charge in [0.25, 0.3) is 0 Å². The molecule has 1 unspecified atom stereocenters. The molecule has 1 heterocycles. The van der Waals surface area contributed by atoms with Crippen LogP contribution in [0, 0.1) is 18.8 Å². The summed E-state index contributed by atoms with van der Waals surface area (Å²) in [6.45, 7) is 7.63. The third-order valence-electron chi connectivity index (χ3n) is 4.39. The van der Waals surface area contributed by atoms with E-state index in [0.717, 1.165) is 30.4 Å². The Morgan fingerprint density at radius 1 is 1.22 bits per heavy atom. The van der Waals surface area contributed by atoms with Gasteiger partial charge in [-0.2, -0.15) is 0 Å². The van der Waals surface area contributed by atoms with Gasteiger partial charge in [0.2, 0.25) is 10.0 Å². The molecule has 0 spiro atoms.